The van der Waals surface area contributed by atoms with E-state index in [1.165, 1.54) is 0 Å². The molecule has 0 aromatic heterocycles. The lowest BCUT2D eigenvalue weighted by Crippen LogP contribution is -2.37. The van der Waals surface area contributed by atoms with Gasteiger partial charge in [-0.1, -0.05) is 36.0 Å². The molecule has 0 heterocycles. The molecule has 0 aliphatic carbocycles. The van der Waals surface area contributed by atoms with Gasteiger partial charge in [0.25, 0.3) is 0 Å². The smallest absolute Gasteiger partial charge is 0.230 e. The van der Waals surface area contributed by atoms with Gasteiger partial charge in [-0.2, -0.15) is 0 Å². The number of rotatable bonds is 4. The van der Waals surface area contributed by atoms with Crippen molar-refractivity contribution in [2.75, 3.05) is 0 Å². The quantitative estimate of drug-likeness (QED) is 0.827. The molecule has 0 saturated heterocycles. The molecular weight excluding hydrogens is 256 g/mol. The first kappa shape index (κ1) is 13.9. The number of nitrogens with one attached hydrogen (secondary N) is 1. The average molecular weight is 271 g/mol. The highest BCUT2D eigenvalue weighted by Gasteiger charge is 2.17. The summed E-state index contributed by atoms with van der Waals surface area (Å²) in [5.74, 6) is -0.625. The molecular formula is C12H15ClN2OS. The van der Waals surface area contributed by atoms with E-state index in [1.54, 1.807) is 19.1 Å². The van der Waals surface area contributed by atoms with Crippen LogP contribution in [0.3, 0.4) is 0 Å². The average Bonchev–Trinajstić information content (AvgIpc) is 2.28. The van der Waals surface area contributed by atoms with Gasteiger partial charge < -0.3 is 11.1 Å². The molecule has 0 aliphatic rings. The van der Waals surface area contributed by atoms with Gasteiger partial charge in [0.05, 0.1) is 16.9 Å². The van der Waals surface area contributed by atoms with Gasteiger partial charge in [0.1, 0.15) is 0 Å². The number of benzene rings is 1. The molecule has 1 rings (SSSR count). The molecule has 1 aromatic carbocycles. The highest BCUT2D eigenvalue weighted by atomic mass is 35.5. The van der Waals surface area contributed by atoms with Crippen molar-refractivity contribution in [1.29, 1.82) is 0 Å². The number of thiocarbonyl (C=S) groups is 1. The molecule has 1 amide bonds. The van der Waals surface area contributed by atoms with Gasteiger partial charge in [-0.3, -0.25) is 4.79 Å². The van der Waals surface area contributed by atoms with Crippen LogP contribution >= 0.6 is 23.8 Å². The summed E-state index contributed by atoms with van der Waals surface area (Å²) < 4.78 is 0. The van der Waals surface area contributed by atoms with Crippen molar-refractivity contribution < 1.29 is 4.79 Å². The van der Waals surface area contributed by atoms with Crippen LogP contribution in [0.25, 0.3) is 0 Å². The van der Waals surface area contributed by atoms with Crippen molar-refractivity contribution in [2.45, 2.75) is 19.9 Å². The summed E-state index contributed by atoms with van der Waals surface area (Å²) in [5.41, 5.74) is 6.41. The van der Waals surface area contributed by atoms with E-state index < -0.39 is 5.92 Å². The Morgan fingerprint density at radius 3 is 2.35 bits per heavy atom. The maximum absolute atomic E-state index is 11.7. The third-order valence-electron chi connectivity index (χ3n) is 2.55. The highest BCUT2D eigenvalue weighted by Crippen LogP contribution is 2.16. The molecule has 2 unspecified atom stereocenters. The van der Waals surface area contributed by atoms with Crippen LogP contribution in [0.4, 0.5) is 0 Å². The summed E-state index contributed by atoms with van der Waals surface area (Å²) in [6, 6.07) is 7.22. The molecule has 3 N–H and O–H groups in total. The minimum Gasteiger partial charge on any atom is -0.393 e. The molecule has 0 radical (unpaired) electrons. The molecule has 92 valence electrons. The lowest BCUT2D eigenvalue weighted by molar-refractivity contribution is -0.123. The van der Waals surface area contributed by atoms with E-state index in [0.29, 0.717) is 5.02 Å². The number of halogens is 1. The molecule has 2 atom stereocenters. The summed E-state index contributed by atoms with van der Waals surface area (Å²) in [7, 11) is 0. The summed E-state index contributed by atoms with van der Waals surface area (Å²) >= 11 is 10.6. The number of amides is 1. The Kier molecular flexibility index (Phi) is 4.90. The Hall–Kier alpha value is -1.13. The van der Waals surface area contributed by atoms with E-state index in [-0.39, 0.29) is 16.9 Å². The first-order valence-electron chi connectivity index (χ1n) is 5.27. The molecule has 1 aromatic rings. The fourth-order valence-electron chi connectivity index (χ4n) is 1.30. The molecule has 0 spiro atoms. The normalized spacial score (nSPS) is 13.8. The van der Waals surface area contributed by atoms with E-state index in [9.17, 15) is 4.79 Å². The van der Waals surface area contributed by atoms with Crippen molar-refractivity contribution in [1.82, 2.24) is 5.32 Å². The summed E-state index contributed by atoms with van der Waals surface area (Å²) in [6.45, 7) is 3.58. The van der Waals surface area contributed by atoms with Crippen LogP contribution in [-0.4, -0.2) is 10.9 Å². The van der Waals surface area contributed by atoms with Crippen LogP contribution in [0.5, 0.6) is 0 Å². The number of nitrogens with two attached hydrogens (primary N) is 1. The Labute approximate surface area is 111 Å². The Bertz CT molecular complexity index is 419. The second kappa shape index (κ2) is 5.98. The zero-order chi connectivity index (χ0) is 13.0. The van der Waals surface area contributed by atoms with Gasteiger partial charge in [0, 0.05) is 5.02 Å². The monoisotopic (exact) mass is 270 g/mol. The van der Waals surface area contributed by atoms with E-state index in [1.807, 2.05) is 19.1 Å². The third-order valence-corrected chi connectivity index (χ3v) is 3.15. The number of carbonyl (C=O) groups is 1. The van der Waals surface area contributed by atoms with Crippen LogP contribution in [0.2, 0.25) is 5.02 Å². The molecule has 0 fully saturated rings. The van der Waals surface area contributed by atoms with Crippen molar-refractivity contribution in [3.63, 3.8) is 0 Å². The lowest BCUT2D eigenvalue weighted by atomic mass is 10.1. The third kappa shape index (κ3) is 3.98. The maximum Gasteiger partial charge on any atom is 0.230 e. The Morgan fingerprint density at radius 2 is 1.88 bits per heavy atom. The predicted octanol–water partition coefficient (Wildman–Crippen LogP) is 2.44. The Balaban J connectivity index is 2.66. The van der Waals surface area contributed by atoms with E-state index >= 15 is 0 Å². The molecule has 0 saturated carbocycles. The minimum atomic E-state index is -0.459. The standard InChI is InChI=1S/C12H15ClN2OS/c1-7(11(14)17)12(16)15-8(2)9-3-5-10(13)6-4-9/h3-8H,1-2H3,(H2,14,17)(H,15,16). The minimum absolute atomic E-state index is 0.100. The summed E-state index contributed by atoms with van der Waals surface area (Å²) in [4.78, 5) is 11.9. The SMILES string of the molecule is CC(C(=O)NC(C)c1ccc(Cl)cc1)C(N)=S. The van der Waals surface area contributed by atoms with Crippen molar-refractivity contribution in [2.24, 2.45) is 11.7 Å². The van der Waals surface area contributed by atoms with Crippen molar-refractivity contribution in [3.8, 4) is 0 Å². The van der Waals surface area contributed by atoms with Crippen LogP contribution in [0.1, 0.15) is 25.5 Å². The van der Waals surface area contributed by atoms with E-state index in [4.69, 9.17) is 29.6 Å². The van der Waals surface area contributed by atoms with Gasteiger partial charge in [-0.05, 0) is 31.5 Å². The molecule has 0 bridgehead atoms. The van der Waals surface area contributed by atoms with Crippen LogP contribution in [-0.2, 0) is 4.79 Å². The van der Waals surface area contributed by atoms with Gasteiger partial charge >= 0.3 is 0 Å². The largest absolute Gasteiger partial charge is 0.393 e. The molecule has 3 nitrogen and oxygen atoms in total. The lowest BCUT2D eigenvalue weighted by Gasteiger charge is -2.17. The second-order valence-corrected chi connectivity index (χ2v) is 4.81. The van der Waals surface area contributed by atoms with Crippen LogP contribution < -0.4 is 11.1 Å². The van der Waals surface area contributed by atoms with Gasteiger partial charge in [-0.15, -0.1) is 0 Å². The van der Waals surface area contributed by atoms with Gasteiger partial charge in [-0.25, -0.2) is 0 Å². The predicted molar refractivity (Wildman–Crippen MR) is 74.0 cm³/mol. The topological polar surface area (TPSA) is 55.1 Å². The van der Waals surface area contributed by atoms with E-state index in [0.717, 1.165) is 5.56 Å². The van der Waals surface area contributed by atoms with Gasteiger partial charge in [0.15, 0.2) is 0 Å². The van der Waals surface area contributed by atoms with Crippen LogP contribution in [0.15, 0.2) is 24.3 Å². The molecule has 17 heavy (non-hydrogen) atoms. The van der Waals surface area contributed by atoms with E-state index in [2.05, 4.69) is 5.32 Å². The molecule has 0 aliphatic heterocycles. The highest BCUT2D eigenvalue weighted by molar-refractivity contribution is 7.80. The maximum atomic E-state index is 11.7. The number of hydrogen-bond donors (Lipinski definition) is 2. The fraction of sp³-hybridized carbons (Fsp3) is 0.333. The summed E-state index contributed by atoms with van der Waals surface area (Å²) in [6.07, 6.45) is 0. The number of carbonyl (C=O) groups excluding carboxylic acids is 1. The second-order valence-electron chi connectivity index (χ2n) is 3.91. The first-order valence-corrected chi connectivity index (χ1v) is 6.05. The van der Waals surface area contributed by atoms with Crippen molar-refractivity contribution in [3.05, 3.63) is 34.9 Å². The summed E-state index contributed by atoms with van der Waals surface area (Å²) in [5, 5.41) is 3.52. The van der Waals surface area contributed by atoms with Crippen LogP contribution in [0, 0.1) is 5.92 Å². The Morgan fingerprint density at radius 1 is 1.35 bits per heavy atom. The zero-order valence-electron chi connectivity index (χ0n) is 9.74. The fourth-order valence-corrected chi connectivity index (χ4v) is 1.54. The van der Waals surface area contributed by atoms with Crippen molar-refractivity contribution >= 4 is 34.7 Å². The zero-order valence-corrected chi connectivity index (χ0v) is 11.3. The number of hydrogen-bond acceptors (Lipinski definition) is 2. The molecule has 5 heteroatoms. The van der Waals surface area contributed by atoms with Gasteiger partial charge in [0.2, 0.25) is 5.91 Å². The first-order chi connectivity index (χ1) is 7.91.